The molecule has 0 saturated heterocycles. The molecule has 0 radical (unpaired) electrons. The number of benzene rings is 1. The Morgan fingerprint density at radius 3 is 2.53 bits per heavy atom. The summed E-state index contributed by atoms with van der Waals surface area (Å²) in [7, 11) is 0. The van der Waals surface area contributed by atoms with E-state index in [4.69, 9.17) is 17.3 Å². The first-order chi connectivity index (χ1) is 8.17. The topological polar surface area (TPSA) is 51.8 Å². The molecule has 3 nitrogen and oxygen atoms in total. The highest BCUT2D eigenvalue weighted by Gasteiger charge is 2.03. The van der Waals surface area contributed by atoms with Crippen LogP contribution in [0.3, 0.4) is 0 Å². The van der Waals surface area contributed by atoms with Gasteiger partial charge >= 0.3 is 0 Å². The molecule has 17 heavy (non-hydrogen) atoms. The predicted molar refractivity (Wildman–Crippen MR) is 68.9 cm³/mol. The van der Waals surface area contributed by atoms with Gasteiger partial charge in [-0.3, -0.25) is 0 Å². The first-order valence-corrected chi connectivity index (χ1v) is 5.83. The molecule has 0 aliphatic carbocycles. The molecule has 1 aromatic carbocycles. The van der Waals surface area contributed by atoms with Crippen LogP contribution in [0.2, 0.25) is 5.02 Å². The summed E-state index contributed by atoms with van der Waals surface area (Å²) in [5.74, 6) is 0.799. The highest BCUT2D eigenvalue weighted by molar-refractivity contribution is 6.30. The lowest BCUT2D eigenvalue weighted by Crippen LogP contribution is -2.06. The highest BCUT2D eigenvalue weighted by Crippen LogP contribution is 2.12. The van der Waals surface area contributed by atoms with Crippen molar-refractivity contribution in [2.75, 3.05) is 0 Å². The lowest BCUT2D eigenvalue weighted by molar-refractivity contribution is 0.874. The van der Waals surface area contributed by atoms with Gasteiger partial charge in [-0.1, -0.05) is 23.7 Å². The monoisotopic (exact) mass is 247 g/mol. The van der Waals surface area contributed by atoms with Gasteiger partial charge in [-0.05, 0) is 30.7 Å². The third-order valence-corrected chi connectivity index (χ3v) is 2.69. The van der Waals surface area contributed by atoms with Crippen LogP contribution in [0, 0.1) is 6.92 Å². The molecular weight excluding hydrogens is 234 g/mol. The highest BCUT2D eigenvalue weighted by atomic mass is 35.5. The molecule has 0 spiro atoms. The van der Waals surface area contributed by atoms with Crippen molar-refractivity contribution in [1.29, 1.82) is 0 Å². The molecule has 0 saturated carbocycles. The second-order valence-electron chi connectivity index (χ2n) is 3.92. The molecule has 88 valence electrons. The SMILES string of the molecule is Cc1cc(CN)nc(Cc2ccc(Cl)cc2)n1. The van der Waals surface area contributed by atoms with Gasteiger partial charge in [0.05, 0.1) is 5.69 Å². The van der Waals surface area contributed by atoms with E-state index < -0.39 is 0 Å². The van der Waals surface area contributed by atoms with Crippen LogP contribution < -0.4 is 5.73 Å². The number of hydrogen-bond acceptors (Lipinski definition) is 3. The zero-order valence-corrected chi connectivity index (χ0v) is 10.4. The van der Waals surface area contributed by atoms with E-state index in [-0.39, 0.29) is 0 Å². The average molecular weight is 248 g/mol. The number of aryl methyl sites for hydroxylation is 1. The van der Waals surface area contributed by atoms with Crippen molar-refractivity contribution in [2.24, 2.45) is 5.73 Å². The Kier molecular flexibility index (Phi) is 3.71. The van der Waals surface area contributed by atoms with Gasteiger partial charge in [0.2, 0.25) is 0 Å². The van der Waals surface area contributed by atoms with Gasteiger partial charge in [0.25, 0.3) is 0 Å². The van der Waals surface area contributed by atoms with Gasteiger partial charge in [0.1, 0.15) is 5.82 Å². The number of rotatable bonds is 3. The molecule has 0 aliphatic heterocycles. The molecule has 2 rings (SSSR count). The Morgan fingerprint density at radius 1 is 1.18 bits per heavy atom. The molecule has 0 bridgehead atoms. The van der Waals surface area contributed by atoms with Crippen LogP contribution in [0.5, 0.6) is 0 Å². The summed E-state index contributed by atoms with van der Waals surface area (Å²) >= 11 is 5.84. The Balaban J connectivity index is 2.23. The van der Waals surface area contributed by atoms with Crippen LogP contribution in [0.4, 0.5) is 0 Å². The van der Waals surface area contributed by atoms with Crippen LogP contribution in [0.15, 0.2) is 30.3 Å². The van der Waals surface area contributed by atoms with Crippen molar-refractivity contribution in [3.05, 3.63) is 58.1 Å². The number of nitrogens with two attached hydrogens (primary N) is 1. The molecule has 0 unspecified atom stereocenters. The fourth-order valence-corrected chi connectivity index (χ4v) is 1.79. The fourth-order valence-electron chi connectivity index (χ4n) is 1.67. The maximum Gasteiger partial charge on any atom is 0.133 e. The zero-order valence-electron chi connectivity index (χ0n) is 9.65. The second-order valence-corrected chi connectivity index (χ2v) is 4.36. The third kappa shape index (κ3) is 3.25. The van der Waals surface area contributed by atoms with E-state index in [1.54, 1.807) is 0 Å². The quantitative estimate of drug-likeness (QED) is 0.907. The lowest BCUT2D eigenvalue weighted by atomic mass is 10.1. The Hall–Kier alpha value is -1.45. The smallest absolute Gasteiger partial charge is 0.133 e. The molecule has 0 atom stereocenters. The summed E-state index contributed by atoms with van der Waals surface area (Å²) < 4.78 is 0. The van der Waals surface area contributed by atoms with Crippen molar-refractivity contribution in [3.8, 4) is 0 Å². The molecule has 0 aliphatic rings. The summed E-state index contributed by atoms with van der Waals surface area (Å²) in [5.41, 5.74) is 8.56. The number of halogens is 1. The van der Waals surface area contributed by atoms with E-state index in [9.17, 15) is 0 Å². The molecule has 4 heteroatoms. The summed E-state index contributed by atoms with van der Waals surface area (Å²) in [6.45, 7) is 2.39. The third-order valence-electron chi connectivity index (χ3n) is 2.44. The Bertz CT molecular complexity index is 509. The molecule has 1 aromatic heterocycles. The summed E-state index contributed by atoms with van der Waals surface area (Å²) in [6.07, 6.45) is 0.700. The van der Waals surface area contributed by atoms with Crippen molar-refractivity contribution >= 4 is 11.6 Å². The predicted octanol–water partition coefficient (Wildman–Crippen LogP) is 2.49. The summed E-state index contributed by atoms with van der Waals surface area (Å²) in [6, 6.07) is 9.62. The lowest BCUT2D eigenvalue weighted by Gasteiger charge is -2.04. The van der Waals surface area contributed by atoms with Gasteiger partial charge in [-0.15, -0.1) is 0 Å². The molecule has 2 N–H and O–H groups in total. The minimum Gasteiger partial charge on any atom is -0.325 e. The number of hydrogen-bond donors (Lipinski definition) is 1. The van der Waals surface area contributed by atoms with E-state index in [0.29, 0.717) is 13.0 Å². The van der Waals surface area contributed by atoms with Gasteiger partial charge in [-0.2, -0.15) is 0 Å². The normalized spacial score (nSPS) is 10.5. The van der Waals surface area contributed by atoms with Gasteiger partial charge in [0.15, 0.2) is 0 Å². The molecule has 0 amide bonds. The summed E-state index contributed by atoms with van der Waals surface area (Å²) in [5, 5.41) is 0.738. The Labute approximate surface area is 106 Å². The maximum absolute atomic E-state index is 5.84. The molecule has 0 fully saturated rings. The Morgan fingerprint density at radius 2 is 1.88 bits per heavy atom. The summed E-state index contributed by atoms with van der Waals surface area (Å²) in [4.78, 5) is 8.80. The van der Waals surface area contributed by atoms with Crippen molar-refractivity contribution in [1.82, 2.24) is 9.97 Å². The van der Waals surface area contributed by atoms with E-state index in [1.807, 2.05) is 37.3 Å². The van der Waals surface area contributed by atoms with E-state index >= 15 is 0 Å². The van der Waals surface area contributed by atoms with Crippen LogP contribution >= 0.6 is 11.6 Å². The molecular formula is C13H14ClN3. The van der Waals surface area contributed by atoms with E-state index in [0.717, 1.165) is 27.8 Å². The van der Waals surface area contributed by atoms with Crippen LogP contribution in [0.1, 0.15) is 22.8 Å². The van der Waals surface area contributed by atoms with Gasteiger partial charge < -0.3 is 5.73 Å². The van der Waals surface area contributed by atoms with Crippen LogP contribution in [0.25, 0.3) is 0 Å². The number of aromatic nitrogens is 2. The standard InChI is InChI=1S/C13H14ClN3/c1-9-6-12(8-15)17-13(16-9)7-10-2-4-11(14)5-3-10/h2-6H,7-8,15H2,1H3. The largest absolute Gasteiger partial charge is 0.325 e. The van der Waals surface area contributed by atoms with E-state index in [1.165, 1.54) is 0 Å². The fraction of sp³-hybridized carbons (Fsp3) is 0.231. The number of nitrogens with zero attached hydrogens (tertiary/aromatic N) is 2. The first kappa shape index (κ1) is 12.0. The van der Waals surface area contributed by atoms with E-state index in [2.05, 4.69) is 9.97 Å². The molecule has 1 heterocycles. The molecule has 2 aromatic rings. The van der Waals surface area contributed by atoms with Crippen molar-refractivity contribution in [3.63, 3.8) is 0 Å². The van der Waals surface area contributed by atoms with Crippen LogP contribution in [-0.2, 0) is 13.0 Å². The first-order valence-electron chi connectivity index (χ1n) is 5.45. The second kappa shape index (κ2) is 5.25. The maximum atomic E-state index is 5.84. The minimum atomic E-state index is 0.441. The van der Waals surface area contributed by atoms with Gasteiger partial charge in [-0.25, -0.2) is 9.97 Å². The van der Waals surface area contributed by atoms with Crippen molar-refractivity contribution < 1.29 is 0 Å². The zero-order chi connectivity index (χ0) is 12.3. The van der Waals surface area contributed by atoms with Crippen LogP contribution in [-0.4, -0.2) is 9.97 Å². The minimum absolute atomic E-state index is 0.441. The average Bonchev–Trinajstić information content (AvgIpc) is 2.31. The van der Waals surface area contributed by atoms with Gasteiger partial charge in [0, 0.05) is 23.7 Å². The van der Waals surface area contributed by atoms with Crippen molar-refractivity contribution in [2.45, 2.75) is 19.9 Å².